The van der Waals surface area contributed by atoms with E-state index in [1.165, 1.54) is 0 Å². The van der Waals surface area contributed by atoms with Crippen LogP contribution in [0.5, 0.6) is 0 Å². The highest BCUT2D eigenvalue weighted by Gasteiger charge is 2.38. The number of carbonyl (C=O) groups is 1. The Labute approximate surface area is 173 Å². The molecule has 2 aliphatic heterocycles. The van der Waals surface area contributed by atoms with Crippen LogP contribution in [-0.4, -0.2) is 47.7 Å². The number of ether oxygens (including phenoxy) is 1. The molecular weight excluding hydrogens is 390 g/mol. The predicted octanol–water partition coefficient (Wildman–Crippen LogP) is 3.35. The van der Waals surface area contributed by atoms with E-state index in [2.05, 4.69) is 15.4 Å². The summed E-state index contributed by atoms with van der Waals surface area (Å²) in [7, 11) is 0. The molecule has 29 heavy (non-hydrogen) atoms. The Morgan fingerprint density at radius 2 is 2.00 bits per heavy atom. The number of para-hydroxylation sites is 1. The van der Waals surface area contributed by atoms with Crippen LogP contribution < -0.4 is 5.32 Å². The maximum atomic E-state index is 12.6. The van der Waals surface area contributed by atoms with Gasteiger partial charge in [0.25, 0.3) is 0 Å². The predicted molar refractivity (Wildman–Crippen MR) is 110 cm³/mol. The molecule has 5 rings (SSSR count). The number of morpholine rings is 1. The minimum absolute atomic E-state index is 0.0240. The number of fused-ring (bicyclic) bond motifs is 2. The molecule has 2 saturated heterocycles. The van der Waals surface area contributed by atoms with Crippen molar-refractivity contribution in [1.82, 2.24) is 15.4 Å². The number of hydrogen-bond acceptors (Lipinski definition) is 5. The van der Waals surface area contributed by atoms with Gasteiger partial charge in [-0.15, -0.1) is 0 Å². The quantitative estimate of drug-likeness (QED) is 0.713. The van der Waals surface area contributed by atoms with Gasteiger partial charge in [0.05, 0.1) is 19.1 Å². The van der Waals surface area contributed by atoms with Crippen molar-refractivity contribution in [1.29, 1.82) is 0 Å². The SMILES string of the molecule is O=C(Cc1noc2ccccc12)N[C@@H]1C[C@H]2CO[C@@H](c3ccc(Cl)cc3)CN2C1. The monoisotopic (exact) mass is 411 g/mol. The summed E-state index contributed by atoms with van der Waals surface area (Å²) in [5, 5.41) is 8.84. The van der Waals surface area contributed by atoms with Gasteiger partial charge in [-0.2, -0.15) is 0 Å². The van der Waals surface area contributed by atoms with E-state index < -0.39 is 0 Å². The third kappa shape index (κ3) is 3.88. The van der Waals surface area contributed by atoms with Crippen LogP contribution in [0.3, 0.4) is 0 Å². The molecule has 2 aliphatic rings. The van der Waals surface area contributed by atoms with Crippen molar-refractivity contribution in [2.45, 2.75) is 31.0 Å². The van der Waals surface area contributed by atoms with E-state index in [9.17, 15) is 4.79 Å². The molecule has 0 bridgehead atoms. The second-order valence-corrected chi connectivity index (χ2v) is 8.22. The molecule has 0 radical (unpaired) electrons. The Morgan fingerprint density at radius 1 is 1.17 bits per heavy atom. The summed E-state index contributed by atoms with van der Waals surface area (Å²) in [6, 6.07) is 15.9. The van der Waals surface area contributed by atoms with Crippen molar-refractivity contribution in [2.24, 2.45) is 0 Å². The first-order chi connectivity index (χ1) is 14.2. The molecule has 6 nitrogen and oxygen atoms in total. The maximum Gasteiger partial charge on any atom is 0.226 e. The number of aromatic nitrogens is 1. The molecule has 3 heterocycles. The summed E-state index contributed by atoms with van der Waals surface area (Å²) in [6.45, 7) is 2.34. The molecule has 150 valence electrons. The molecule has 2 aromatic carbocycles. The van der Waals surface area contributed by atoms with E-state index in [4.69, 9.17) is 20.9 Å². The molecule has 7 heteroatoms. The van der Waals surface area contributed by atoms with Gasteiger partial charge in [0.15, 0.2) is 5.58 Å². The van der Waals surface area contributed by atoms with Crippen LogP contribution in [-0.2, 0) is 16.0 Å². The van der Waals surface area contributed by atoms with Crippen LogP contribution in [0, 0.1) is 0 Å². The van der Waals surface area contributed by atoms with Gasteiger partial charge < -0.3 is 14.6 Å². The molecule has 2 fully saturated rings. The van der Waals surface area contributed by atoms with Crippen LogP contribution in [0.15, 0.2) is 53.1 Å². The largest absolute Gasteiger partial charge is 0.371 e. The molecule has 3 atom stereocenters. The molecule has 1 amide bonds. The maximum absolute atomic E-state index is 12.6. The van der Waals surface area contributed by atoms with Crippen molar-refractivity contribution < 1.29 is 14.1 Å². The highest BCUT2D eigenvalue weighted by atomic mass is 35.5. The van der Waals surface area contributed by atoms with Gasteiger partial charge in [-0.05, 0) is 36.2 Å². The molecule has 0 saturated carbocycles. The number of hydrogen-bond donors (Lipinski definition) is 1. The van der Waals surface area contributed by atoms with E-state index in [1.54, 1.807) is 0 Å². The van der Waals surface area contributed by atoms with E-state index in [-0.39, 0.29) is 24.5 Å². The minimum Gasteiger partial charge on any atom is -0.371 e. The van der Waals surface area contributed by atoms with Gasteiger partial charge in [0.2, 0.25) is 5.91 Å². The van der Waals surface area contributed by atoms with Crippen molar-refractivity contribution >= 4 is 28.5 Å². The zero-order valence-electron chi connectivity index (χ0n) is 15.9. The van der Waals surface area contributed by atoms with Crippen LogP contribution in [0.2, 0.25) is 5.02 Å². The number of rotatable bonds is 4. The van der Waals surface area contributed by atoms with E-state index in [0.717, 1.165) is 35.5 Å². The van der Waals surface area contributed by atoms with Crippen molar-refractivity contribution in [3.63, 3.8) is 0 Å². The Kier molecular flexibility index (Phi) is 4.99. The number of carbonyl (C=O) groups excluding carboxylic acids is 1. The number of nitrogens with zero attached hydrogens (tertiary/aromatic N) is 2. The summed E-state index contributed by atoms with van der Waals surface area (Å²) in [5.41, 5.74) is 2.52. The molecule has 0 aliphatic carbocycles. The van der Waals surface area contributed by atoms with Crippen molar-refractivity contribution in [3.05, 3.63) is 64.8 Å². The Balaban J connectivity index is 1.19. The van der Waals surface area contributed by atoms with Crippen LogP contribution in [0.1, 0.15) is 23.8 Å². The lowest BCUT2D eigenvalue weighted by atomic mass is 10.1. The fourth-order valence-electron chi connectivity index (χ4n) is 4.35. The number of benzene rings is 2. The highest BCUT2D eigenvalue weighted by Crippen LogP contribution is 2.31. The number of nitrogens with one attached hydrogen (secondary N) is 1. The van der Waals surface area contributed by atoms with E-state index >= 15 is 0 Å². The molecule has 0 spiro atoms. The second-order valence-electron chi connectivity index (χ2n) is 7.78. The summed E-state index contributed by atoms with van der Waals surface area (Å²) in [4.78, 5) is 15.0. The Morgan fingerprint density at radius 3 is 2.86 bits per heavy atom. The van der Waals surface area contributed by atoms with Gasteiger partial charge >= 0.3 is 0 Å². The molecule has 3 aromatic rings. The molecule has 1 N–H and O–H groups in total. The highest BCUT2D eigenvalue weighted by molar-refractivity contribution is 6.30. The normalized spacial score (nSPS) is 24.5. The first kappa shape index (κ1) is 18.6. The smallest absolute Gasteiger partial charge is 0.226 e. The average Bonchev–Trinajstić information content (AvgIpc) is 3.31. The molecular formula is C22H22ClN3O3. The topological polar surface area (TPSA) is 67.6 Å². The average molecular weight is 412 g/mol. The lowest BCUT2D eigenvalue weighted by molar-refractivity contribution is -0.121. The summed E-state index contributed by atoms with van der Waals surface area (Å²) >= 11 is 5.99. The zero-order chi connectivity index (χ0) is 19.8. The fraction of sp³-hybridized carbons (Fsp3) is 0.364. The first-order valence-corrected chi connectivity index (χ1v) is 10.3. The lowest BCUT2D eigenvalue weighted by Gasteiger charge is -2.35. The van der Waals surface area contributed by atoms with Gasteiger partial charge in [-0.25, -0.2) is 0 Å². The van der Waals surface area contributed by atoms with Gasteiger partial charge in [-0.1, -0.05) is 41.0 Å². The zero-order valence-corrected chi connectivity index (χ0v) is 16.6. The minimum atomic E-state index is -0.0240. The van der Waals surface area contributed by atoms with Gasteiger partial charge in [0, 0.05) is 35.6 Å². The van der Waals surface area contributed by atoms with Crippen LogP contribution in [0.4, 0.5) is 0 Å². The lowest BCUT2D eigenvalue weighted by Crippen LogP contribution is -2.43. The fourth-order valence-corrected chi connectivity index (χ4v) is 4.48. The molecule has 0 unspecified atom stereocenters. The van der Waals surface area contributed by atoms with Crippen LogP contribution in [0.25, 0.3) is 11.0 Å². The Bertz CT molecular complexity index is 1020. The summed E-state index contributed by atoms with van der Waals surface area (Å²) < 4.78 is 11.4. The number of halogens is 1. The third-order valence-corrected chi connectivity index (χ3v) is 6.06. The van der Waals surface area contributed by atoms with E-state index in [1.807, 2.05) is 48.5 Å². The standard InChI is InChI=1S/C22H22ClN3O3/c23-15-7-5-14(6-8-15)21-12-26-11-16(9-17(26)13-28-21)24-22(27)10-19-18-3-1-2-4-20(18)29-25-19/h1-8,16-17,21H,9-13H2,(H,24,27)/t16-,17+,21-/m1/s1. The van der Waals surface area contributed by atoms with E-state index in [0.29, 0.717) is 23.9 Å². The number of amides is 1. The van der Waals surface area contributed by atoms with Crippen molar-refractivity contribution in [2.75, 3.05) is 19.7 Å². The third-order valence-electron chi connectivity index (χ3n) is 5.81. The summed E-state index contributed by atoms with van der Waals surface area (Å²) in [6.07, 6.45) is 1.17. The first-order valence-electron chi connectivity index (χ1n) is 9.89. The second kappa shape index (κ2) is 7.78. The summed E-state index contributed by atoms with van der Waals surface area (Å²) in [5.74, 6) is -0.0240. The Hall–Kier alpha value is -2.41. The van der Waals surface area contributed by atoms with Crippen LogP contribution >= 0.6 is 11.6 Å². The van der Waals surface area contributed by atoms with Crippen molar-refractivity contribution in [3.8, 4) is 0 Å². The van der Waals surface area contributed by atoms with Gasteiger partial charge in [0.1, 0.15) is 5.69 Å². The molecule has 1 aromatic heterocycles. The van der Waals surface area contributed by atoms with Gasteiger partial charge in [-0.3, -0.25) is 9.69 Å².